The molecule has 0 aliphatic heterocycles. The van der Waals surface area contributed by atoms with Crippen molar-refractivity contribution in [3.8, 4) is 11.8 Å². The van der Waals surface area contributed by atoms with Crippen molar-refractivity contribution in [2.45, 2.75) is 6.18 Å². The Bertz CT molecular complexity index is 1010. The minimum absolute atomic E-state index is 0.0962. The van der Waals surface area contributed by atoms with Crippen molar-refractivity contribution in [2.24, 2.45) is 0 Å². The summed E-state index contributed by atoms with van der Waals surface area (Å²) in [5, 5.41) is 11.5. The van der Waals surface area contributed by atoms with E-state index < -0.39 is 17.6 Å². The number of ether oxygens (including phenoxy) is 1. The number of hydrogen-bond donors (Lipinski definition) is 1. The van der Waals surface area contributed by atoms with Gasteiger partial charge in [0.2, 0.25) is 0 Å². The molecule has 0 radical (unpaired) electrons. The van der Waals surface area contributed by atoms with Crippen LogP contribution < -0.4 is 10.1 Å². The highest BCUT2D eigenvalue weighted by atomic mass is 79.9. The molecule has 2 aromatic carbocycles. The first-order valence-corrected chi connectivity index (χ1v) is 9.16. The maximum Gasteiger partial charge on any atom is 0.416 e. The normalized spacial score (nSPS) is 11.5. The van der Waals surface area contributed by atoms with Crippen LogP contribution in [-0.2, 0) is 11.0 Å². The largest absolute Gasteiger partial charge is 0.489 e. The second kappa shape index (κ2) is 9.63. The van der Waals surface area contributed by atoms with Gasteiger partial charge < -0.3 is 10.1 Å². The smallest absolute Gasteiger partial charge is 0.416 e. The maximum absolute atomic E-state index is 12.9. The molecule has 2 rings (SSSR count). The number of nitrogens with zero attached hydrogens (tertiary/aromatic N) is 1. The van der Waals surface area contributed by atoms with E-state index in [0.717, 1.165) is 12.1 Å². The van der Waals surface area contributed by atoms with Crippen LogP contribution in [0.4, 0.5) is 18.9 Å². The lowest BCUT2D eigenvalue weighted by Gasteiger charge is -2.12. The number of hydrogen-bond acceptors (Lipinski definition) is 3. The van der Waals surface area contributed by atoms with Crippen LogP contribution in [0.5, 0.6) is 5.75 Å². The zero-order valence-electron chi connectivity index (χ0n) is 14.7. The summed E-state index contributed by atoms with van der Waals surface area (Å²) in [6.07, 6.45) is -1.81. The average Bonchev–Trinajstić information content (AvgIpc) is 2.66. The van der Waals surface area contributed by atoms with Gasteiger partial charge in [0, 0.05) is 10.0 Å². The van der Waals surface area contributed by atoms with E-state index in [2.05, 4.69) is 27.8 Å². The summed E-state index contributed by atoms with van der Waals surface area (Å²) < 4.78 is 44.8. The molecule has 0 aromatic heterocycles. The molecule has 0 unspecified atom stereocenters. The van der Waals surface area contributed by atoms with Crippen LogP contribution in [0.15, 0.2) is 59.1 Å². The molecule has 0 saturated carbocycles. The highest BCUT2D eigenvalue weighted by Crippen LogP contribution is 2.34. The third kappa shape index (κ3) is 6.11. The first kappa shape index (κ1) is 22.5. The highest BCUT2D eigenvalue weighted by Gasteiger charge is 2.31. The number of nitriles is 1. The average molecular weight is 486 g/mol. The number of halogens is 5. The van der Waals surface area contributed by atoms with E-state index in [9.17, 15) is 23.2 Å². The Morgan fingerprint density at radius 2 is 2.03 bits per heavy atom. The monoisotopic (exact) mass is 484 g/mol. The van der Waals surface area contributed by atoms with Crippen molar-refractivity contribution in [1.29, 1.82) is 5.26 Å². The first-order chi connectivity index (χ1) is 13.7. The van der Waals surface area contributed by atoms with E-state index in [1.807, 2.05) is 0 Å². The minimum atomic E-state index is -4.61. The number of anilines is 1. The van der Waals surface area contributed by atoms with E-state index in [-0.39, 0.29) is 22.9 Å². The molecule has 1 amide bonds. The van der Waals surface area contributed by atoms with Gasteiger partial charge in [-0.25, -0.2) is 0 Å². The van der Waals surface area contributed by atoms with Gasteiger partial charge in [-0.2, -0.15) is 18.4 Å². The van der Waals surface area contributed by atoms with E-state index in [1.165, 1.54) is 12.2 Å². The van der Waals surface area contributed by atoms with Gasteiger partial charge in [-0.3, -0.25) is 4.79 Å². The Morgan fingerprint density at radius 1 is 1.31 bits per heavy atom. The molecule has 0 spiro atoms. The zero-order valence-corrected chi connectivity index (χ0v) is 17.0. The van der Waals surface area contributed by atoms with E-state index in [4.69, 9.17) is 16.3 Å². The predicted octanol–water partition coefficient (Wildman–Crippen LogP) is 6.23. The summed E-state index contributed by atoms with van der Waals surface area (Å²) in [4.78, 5) is 12.5. The lowest BCUT2D eigenvalue weighted by atomic mass is 10.1. The number of benzene rings is 2. The van der Waals surface area contributed by atoms with E-state index >= 15 is 0 Å². The fourth-order valence-corrected chi connectivity index (χ4v) is 2.75. The summed E-state index contributed by atoms with van der Waals surface area (Å²) in [5.41, 5.74) is -1.17. The van der Waals surface area contributed by atoms with Gasteiger partial charge in [0.1, 0.15) is 24.0 Å². The van der Waals surface area contributed by atoms with Crippen molar-refractivity contribution in [2.75, 3.05) is 11.9 Å². The Balaban J connectivity index is 2.36. The third-order valence-corrected chi connectivity index (χ3v) is 4.36. The number of amides is 1. The van der Waals surface area contributed by atoms with Crippen LogP contribution in [0, 0.1) is 11.3 Å². The molecule has 0 fully saturated rings. The number of rotatable bonds is 6. The van der Waals surface area contributed by atoms with Gasteiger partial charge in [-0.1, -0.05) is 40.2 Å². The second-order valence-corrected chi connectivity index (χ2v) is 6.92. The zero-order chi connectivity index (χ0) is 21.6. The van der Waals surface area contributed by atoms with Gasteiger partial charge in [0.05, 0.1) is 16.3 Å². The van der Waals surface area contributed by atoms with Crippen LogP contribution in [0.1, 0.15) is 11.1 Å². The fourth-order valence-electron chi connectivity index (χ4n) is 2.20. The summed E-state index contributed by atoms with van der Waals surface area (Å²) in [7, 11) is 0. The van der Waals surface area contributed by atoms with Gasteiger partial charge >= 0.3 is 6.18 Å². The molecule has 2 aromatic rings. The van der Waals surface area contributed by atoms with Crippen LogP contribution in [0.2, 0.25) is 5.02 Å². The molecular formula is C20H13BrClF3N2O2. The standard InChI is InChI=1S/C20H13BrClF3N2O2/c1-2-7-29-18-6-4-15(21)9-12(18)8-13(11-26)19(28)27-17-10-14(20(23,24)25)3-5-16(17)22/h2-6,8-10H,1,7H2,(H,27,28)/b13-8-. The summed E-state index contributed by atoms with van der Waals surface area (Å²) >= 11 is 9.17. The third-order valence-electron chi connectivity index (χ3n) is 3.54. The number of alkyl halides is 3. The Morgan fingerprint density at radius 3 is 2.66 bits per heavy atom. The highest BCUT2D eigenvalue weighted by molar-refractivity contribution is 9.10. The molecule has 4 nitrogen and oxygen atoms in total. The molecule has 150 valence electrons. The summed E-state index contributed by atoms with van der Waals surface area (Å²) in [6, 6.07) is 9.22. The number of carbonyl (C=O) groups is 1. The molecule has 0 bridgehead atoms. The molecular weight excluding hydrogens is 473 g/mol. The molecule has 0 aliphatic carbocycles. The van der Waals surface area contributed by atoms with Gasteiger partial charge in [0.25, 0.3) is 5.91 Å². The van der Waals surface area contributed by atoms with Crippen LogP contribution in [-0.4, -0.2) is 12.5 Å². The quantitative estimate of drug-likeness (QED) is 0.300. The first-order valence-electron chi connectivity index (χ1n) is 7.99. The van der Waals surface area contributed by atoms with Crippen molar-refractivity contribution in [1.82, 2.24) is 0 Å². The predicted molar refractivity (Wildman–Crippen MR) is 109 cm³/mol. The SMILES string of the molecule is C=CCOc1ccc(Br)cc1/C=C(/C#N)C(=O)Nc1cc(C(F)(F)F)ccc1Cl. The Kier molecular flexibility index (Phi) is 7.48. The van der Waals surface area contributed by atoms with Crippen LogP contribution in [0.25, 0.3) is 6.08 Å². The van der Waals surface area contributed by atoms with Gasteiger partial charge in [-0.05, 0) is 42.5 Å². The van der Waals surface area contributed by atoms with Crippen LogP contribution in [0.3, 0.4) is 0 Å². The van der Waals surface area contributed by atoms with Crippen LogP contribution >= 0.6 is 27.5 Å². The Hall–Kier alpha value is -2.76. The van der Waals surface area contributed by atoms with Gasteiger partial charge in [0.15, 0.2) is 0 Å². The molecule has 1 N–H and O–H groups in total. The van der Waals surface area contributed by atoms with Crippen molar-refractivity contribution in [3.63, 3.8) is 0 Å². The minimum Gasteiger partial charge on any atom is -0.489 e. The molecule has 0 saturated heterocycles. The van der Waals surface area contributed by atoms with Gasteiger partial charge in [-0.15, -0.1) is 0 Å². The topological polar surface area (TPSA) is 62.1 Å². The fraction of sp³-hybridized carbons (Fsp3) is 0.100. The maximum atomic E-state index is 12.9. The Labute approximate surface area is 178 Å². The molecule has 0 atom stereocenters. The van der Waals surface area contributed by atoms with E-state index in [0.29, 0.717) is 21.9 Å². The van der Waals surface area contributed by atoms with Crippen molar-refractivity contribution in [3.05, 3.63) is 75.2 Å². The lowest BCUT2D eigenvalue weighted by Crippen LogP contribution is -2.15. The molecule has 9 heteroatoms. The lowest BCUT2D eigenvalue weighted by molar-refractivity contribution is -0.137. The van der Waals surface area contributed by atoms with Crippen molar-refractivity contribution < 1.29 is 22.7 Å². The van der Waals surface area contributed by atoms with E-state index in [1.54, 1.807) is 24.3 Å². The number of nitrogens with one attached hydrogen (secondary N) is 1. The second-order valence-electron chi connectivity index (χ2n) is 5.60. The summed E-state index contributed by atoms with van der Waals surface area (Å²) in [6.45, 7) is 3.75. The number of carbonyl (C=O) groups excluding carboxylic acids is 1. The molecule has 0 aliphatic rings. The summed E-state index contributed by atoms with van der Waals surface area (Å²) in [5.74, 6) is -0.519. The molecule has 29 heavy (non-hydrogen) atoms. The molecule has 0 heterocycles. The van der Waals surface area contributed by atoms with Crippen molar-refractivity contribution >= 4 is 45.2 Å².